The van der Waals surface area contributed by atoms with E-state index in [1.807, 2.05) is 0 Å². The molecule has 2 aromatic carbocycles. The van der Waals surface area contributed by atoms with Crippen molar-refractivity contribution in [3.8, 4) is 23.3 Å². The van der Waals surface area contributed by atoms with Gasteiger partial charge in [0, 0.05) is 12.1 Å². The second-order valence-corrected chi connectivity index (χ2v) is 4.27. The zero-order valence-corrected chi connectivity index (χ0v) is 11.2. The van der Waals surface area contributed by atoms with Gasteiger partial charge in [0.2, 0.25) is 11.8 Å². The van der Waals surface area contributed by atoms with Crippen molar-refractivity contribution in [2.45, 2.75) is 0 Å². The lowest BCUT2D eigenvalue weighted by Crippen LogP contribution is -1.95. The summed E-state index contributed by atoms with van der Waals surface area (Å²) in [5.74, 6) is -0.719. The van der Waals surface area contributed by atoms with E-state index in [9.17, 15) is 8.78 Å². The molecule has 22 heavy (non-hydrogen) atoms. The number of rotatable bonds is 4. The Hall–Kier alpha value is -3.02. The third-order valence-electron chi connectivity index (χ3n) is 2.72. The van der Waals surface area contributed by atoms with Crippen LogP contribution < -0.4 is 9.47 Å². The van der Waals surface area contributed by atoms with Crippen molar-refractivity contribution in [1.29, 1.82) is 0 Å². The van der Waals surface area contributed by atoms with E-state index in [0.717, 1.165) is 0 Å². The van der Waals surface area contributed by atoms with E-state index in [1.54, 1.807) is 24.3 Å². The number of hydrogen-bond acceptors (Lipinski definition) is 4. The summed E-state index contributed by atoms with van der Waals surface area (Å²) in [6.07, 6.45) is 0. The van der Waals surface area contributed by atoms with Crippen LogP contribution in [0.2, 0.25) is 0 Å². The van der Waals surface area contributed by atoms with Crippen molar-refractivity contribution in [3.63, 3.8) is 0 Å². The molecule has 0 saturated carbocycles. The van der Waals surface area contributed by atoms with Gasteiger partial charge in [-0.2, -0.15) is 0 Å². The first-order valence-electron chi connectivity index (χ1n) is 6.41. The Morgan fingerprint density at radius 1 is 0.591 bits per heavy atom. The number of halogens is 2. The van der Waals surface area contributed by atoms with Gasteiger partial charge in [-0.05, 0) is 24.3 Å². The van der Waals surface area contributed by atoms with E-state index in [1.165, 1.54) is 36.4 Å². The highest BCUT2D eigenvalue weighted by Crippen LogP contribution is 2.25. The molecule has 6 heteroatoms. The molecule has 0 bridgehead atoms. The fraction of sp³-hybridized carbons (Fsp3) is 0. The molecule has 0 unspecified atom stereocenters. The van der Waals surface area contributed by atoms with E-state index >= 15 is 0 Å². The van der Waals surface area contributed by atoms with E-state index < -0.39 is 11.6 Å². The molecule has 0 radical (unpaired) electrons. The maximum Gasteiger partial charge on any atom is 0.239 e. The average molecular weight is 300 g/mol. The summed E-state index contributed by atoms with van der Waals surface area (Å²) < 4.78 is 37.4. The number of aromatic nitrogens is 2. The normalized spacial score (nSPS) is 10.3. The predicted molar refractivity (Wildman–Crippen MR) is 75.0 cm³/mol. The van der Waals surface area contributed by atoms with Gasteiger partial charge >= 0.3 is 0 Å². The standard InChI is InChI=1S/C16H10F2N2O2/c17-11-5-1-3-7-13(11)21-15-9-10-16(20-19-15)22-14-8-4-2-6-12(14)18/h1-10H. The monoisotopic (exact) mass is 300 g/mol. The van der Waals surface area contributed by atoms with E-state index in [4.69, 9.17) is 9.47 Å². The van der Waals surface area contributed by atoms with Gasteiger partial charge in [-0.1, -0.05) is 24.3 Å². The second-order valence-electron chi connectivity index (χ2n) is 4.27. The van der Waals surface area contributed by atoms with Crippen LogP contribution in [0.3, 0.4) is 0 Å². The predicted octanol–water partition coefficient (Wildman–Crippen LogP) is 4.34. The molecule has 0 N–H and O–H groups in total. The van der Waals surface area contributed by atoms with Crippen LogP contribution in [0.4, 0.5) is 8.78 Å². The molecule has 0 fully saturated rings. The van der Waals surface area contributed by atoms with Crippen LogP contribution in [0.1, 0.15) is 0 Å². The lowest BCUT2D eigenvalue weighted by atomic mass is 10.3. The molecule has 3 aromatic rings. The largest absolute Gasteiger partial charge is 0.434 e. The molecule has 0 saturated heterocycles. The van der Waals surface area contributed by atoms with Crippen molar-refractivity contribution in [1.82, 2.24) is 10.2 Å². The molecule has 1 aromatic heterocycles. The first-order chi connectivity index (χ1) is 10.7. The maximum absolute atomic E-state index is 13.4. The van der Waals surface area contributed by atoms with Gasteiger partial charge in [0.1, 0.15) is 0 Å². The summed E-state index contributed by atoms with van der Waals surface area (Å²) in [6.45, 7) is 0. The fourth-order valence-corrected chi connectivity index (χ4v) is 1.70. The summed E-state index contributed by atoms with van der Waals surface area (Å²) in [5.41, 5.74) is 0. The molecule has 0 aliphatic heterocycles. The van der Waals surface area contributed by atoms with Gasteiger partial charge in [-0.25, -0.2) is 8.78 Å². The maximum atomic E-state index is 13.4. The molecule has 0 atom stereocenters. The van der Waals surface area contributed by atoms with Crippen molar-refractivity contribution >= 4 is 0 Å². The average Bonchev–Trinajstić information content (AvgIpc) is 2.54. The Bertz CT molecular complexity index is 713. The van der Waals surface area contributed by atoms with Crippen LogP contribution in [0.5, 0.6) is 23.3 Å². The molecule has 0 spiro atoms. The molecule has 0 amide bonds. The van der Waals surface area contributed by atoms with Gasteiger partial charge in [0.25, 0.3) is 0 Å². The molecule has 1 heterocycles. The summed E-state index contributed by atoms with van der Waals surface area (Å²) in [5, 5.41) is 7.51. The van der Waals surface area contributed by atoms with Gasteiger partial charge < -0.3 is 9.47 Å². The third-order valence-corrected chi connectivity index (χ3v) is 2.72. The minimum atomic E-state index is -0.504. The van der Waals surface area contributed by atoms with Crippen LogP contribution >= 0.6 is 0 Å². The zero-order valence-electron chi connectivity index (χ0n) is 11.2. The third kappa shape index (κ3) is 3.17. The lowest BCUT2D eigenvalue weighted by Gasteiger charge is -2.07. The smallest absolute Gasteiger partial charge is 0.239 e. The first kappa shape index (κ1) is 13.9. The van der Waals surface area contributed by atoms with Gasteiger partial charge in [0.15, 0.2) is 23.1 Å². The molecule has 0 aliphatic rings. The Morgan fingerprint density at radius 2 is 1.00 bits per heavy atom. The summed E-state index contributed by atoms with van der Waals surface area (Å²) >= 11 is 0. The number of nitrogens with zero attached hydrogens (tertiary/aromatic N) is 2. The quantitative estimate of drug-likeness (QED) is 0.719. The van der Waals surface area contributed by atoms with Crippen LogP contribution in [0.15, 0.2) is 60.7 Å². The van der Waals surface area contributed by atoms with E-state index in [2.05, 4.69) is 10.2 Å². The number of ether oxygens (including phenoxy) is 2. The fourth-order valence-electron chi connectivity index (χ4n) is 1.70. The highest BCUT2D eigenvalue weighted by atomic mass is 19.1. The Balaban J connectivity index is 1.73. The first-order valence-corrected chi connectivity index (χ1v) is 6.41. The highest BCUT2D eigenvalue weighted by Gasteiger charge is 2.07. The molecule has 3 rings (SSSR count). The van der Waals surface area contributed by atoms with Crippen LogP contribution in [0.25, 0.3) is 0 Å². The SMILES string of the molecule is Fc1ccccc1Oc1ccc(Oc2ccccc2F)nn1. The van der Waals surface area contributed by atoms with Gasteiger partial charge in [0.05, 0.1) is 0 Å². The second kappa shape index (κ2) is 6.17. The minimum Gasteiger partial charge on any atom is -0.434 e. The van der Waals surface area contributed by atoms with Gasteiger partial charge in [-0.15, -0.1) is 10.2 Å². The number of hydrogen-bond donors (Lipinski definition) is 0. The van der Waals surface area contributed by atoms with Crippen molar-refractivity contribution < 1.29 is 18.3 Å². The van der Waals surface area contributed by atoms with Crippen molar-refractivity contribution in [2.24, 2.45) is 0 Å². The number of para-hydroxylation sites is 2. The molecular formula is C16H10F2N2O2. The molecule has 4 nitrogen and oxygen atoms in total. The van der Waals surface area contributed by atoms with Crippen molar-refractivity contribution in [3.05, 3.63) is 72.3 Å². The van der Waals surface area contributed by atoms with Gasteiger partial charge in [-0.3, -0.25) is 0 Å². The Kier molecular flexibility index (Phi) is 3.91. The summed E-state index contributed by atoms with van der Waals surface area (Å²) in [6, 6.07) is 14.8. The van der Waals surface area contributed by atoms with Crippen molar-refractivity contribution in [2.75, 3.05) is 0 Å². The van der Waals surface area contributed by atoms with E-state index in [0.29, 0.717) is 0 Å². The highest BCUT2D eigenvalue weighted by molar-refractivity contribution is 5.31. The minimum absolute atomic E-state index is 0.0413. The molecular weight excluding hydrogens is 290 g/mol. The Labute approximate surface area is 125 Å². The van der Waals surface area contributed by atoms with Crippen LogP contribution in [-0.4, -0.2) is 10.2 Å². The summed E-state index contributed by atoms with van der Waals surface area (Å²) in [4.78, 5) is 0. The zero-order chi connectivity index (χ0) is 15.4. The summed E-state index contributed by atoms with van der Waals surface area (Å²) in [7, 11) is 0. The Morgan fingerprint density at radius 3 is 1.36 bits per heavy atom. The topological polar surface area (TPSA) is 44.2 Å². The molecule has 110 valence electrons. The van der Waals surface area contributed by atoms with E-state index in [-0.39, 0.29) is 23.3 Å². The van der Waals surface area contributed by atoms with Crippen LogP contribution in [-0.2, 0) is 0 Å². The van der Waals surface area contributed by atoms with Crippen LogP contribution in [0, 0.1) is 11.6 Å². The lowest BCUT2D eigenvalue weighted by molar-refractivity contribution is 0.399. The number of benzene rings is 2. The molecule has 0 aliphatic carbocycles.